The van der Waals surface area contributed by atoms with Gasteiger partial charge in [-0.05, 0) is 43.3 Å². The monoisotopic (exact) mass is 426 g/mol. The Morgan fingerprint density at radius 2 is 1.88 bits per heavy atom. The molecule has 1 amide bonds. The van der Waals surface area contributed by atoms with Gasteiger partial charge < -0.3 is 5.32 Å². The van der Waals surface area contributed by atoms with Crippen LogP contribution in [0.5, 0.6) is 0 Å². The smallest absolute Gasteiger partial charge is 0.234 e. The van der Waals surface area contributed by atoms with Gasteiger partial charge in [-0.15, -0.1) is 10.2 Å². The lowest BCUT2D eigenvalue weighted by Crippen LogP contribution is -2.15. The van der Waals surface area contributed by atoms with Gasteiger partial charge in [-0.2, -0.15) is 0 Å². The third-order valence-corrected chi connectivity index (χ3v) is 5.13. The second-order valence-corrected chi connectivity index (χ2v) is 7.53. The second kappa shape index (κ2) is 8.31. The summed E-state index contributed by atoms with van der Waals surface area (Å²) in [6.45, 7) is 1.84. The van der Waals surface area contributed by atoms with Gasteiger partial charge in [0.25, 0.3) is 0 Å². The van der Waals surface area contributed by atoms with E-state index in [9.17, 15) is 4.79 Å². The first kappa shape index (κ1) is 19.0. The predicted molar refractivity (Wildman–Crippen MR) is 107 cm³/mol. The van der Waals surface area contributed by atoms with Gasteiger partial charge in [-0.3, -0.25) is 9.36 Å². The first-order valence-electron chi connectivity index (χ1n) is 7.49. The minimum atomic E-state index is -0.225. The molecule has 3 rings (SSSR count). The summed E-state index contributed by atoms with van der Waals surface area (Å²) in [4.78, 5) is 12.2. The van der Waals surface area contributed by atoms with E-state index in [1.165, 1.54) is 11.8 Å². The minimum Gasteiger partial charge on any atom is -0.324 e. The number of amides is 1. The quantitative estimate of drug-likeness (QED) is 0.564. The summed E-state index contributed by atoms with van der Waals surface area (Å²) in [5.74, 6) is 0.618. The van der Waals surface area contributed by atoms with E-state index in [0.717, 1.165) is 5.69 Å². The van der Waals surface area contributed by atoms with Gasteiger partial charge in [0.2, 0.25) is 5.91 Å². The largest absolute Gasteiger partial charge is 0.324 e. The molecule has 0 aliphatic carbocycles. The fourth-order valence-corrected chi connectivity index (χ4v) is 3.58. The molecule has 0 saturated heterocycles. The fourth-order valence-electron chi connectivity index (χ4n) is 2.26. The van der Waals surface area contributed by atoms with Crippen molar-refractivity contribution in [3.05, 3.63) is 63.4 Å². The molecule has 0 bridgehead atoms. The van der Waals surface area contributed by atoms with Crippen molar-refractivity contribution in [2.45, 2.75) is 12.1 Å². The number of thioether (sulfide) groups is 1. The highest BCUT2D eigenvalue weighted by molar-refractivity contribution is 7.99. The lowest BCUT2D eigenvalue weighted by molar-refractivity contribution is -0.113. The van der Waals surface area contributed by atoms with Crippen LogP contribution in [0.15, 0.2) is 47.6 Å². The number of carbonyl (C=O) groups excluding carboxylic acids is 1. The Labute approximate surface area is 169 Å². The molecule has 9 heteroatoms. The van der Waals surface area contributed by atoms with Crippen molar-refractivity contribution in [3.63, 3.8) is 0 Å². The van der Waals surface area contributed by atoms with Gasteiger partial charge in [0.05, 0.1) is 22.2 Å². The highest BCUT2D eigenvalue weighted by atomic mass is 35.5. The number of halogens is 3. The Kier molecular flexibility index (Phi) is 6.09. The Morgan fingerprint density at radius 3 is 2.65 bits per heavy atom. The molecule has 0 aliphatic rings. The molecule has 0 radical (unpaired) electrons. The van der Waals surface area contributed by atoms with E-state index in [4.69, 9.17) is 34.8 Å². The van der Waals surface area contributed by atoms with Crippen molar-refractivity contribution < 1.29 is 4.79 Å². The molecular weight excluding hydrogens is 415 g/mol. The lowest BCUT2D eigenvalue weighted by Gasteiger charge is -2.10. The average molecular weight is 428 g/mol. The zero-order chi connectivity index (χ0) is 18.7. The van der Waals surface area contributed by atoms with Crippen molar-refractivity contribution >= 4 is 58.2 Å². The van der Waals surface area contributed by atoms with Crippen LogP contribution < -0.4 is 5.32 Å². The van der Waals surface area contributed by atoms with Crippen LogP contribution >= 0.6 is 46.6 Å². The number of hydrogen-bond donors (Lipinski definition) is 1. The number of hydrogen-bond acceptors (Lipinski definition) is 4. The Hall–Kier alpha value is -1.73. The van der Waals surface area contributed by atoms with E-state index in [2.05, 4.69) is 15.5 Å². The van der Waals surface area contributed by atoms with E-state index in [1.54, 1.807) is 24.3 Å². The number of nitrogens with zero attached hydrogens (tertiary/aromatic N) is 3. The summed E-state index contributed by atoms with van der Waals surface area (Å²) in [6, 6.07) is 12.2. The molecule has 3 aromatic rings. The first-order chi connectivity index (χ1) is 12.4. The molecule has 0 saturated carbocycles. The maximum Gasteiger partial charge on any atom is 0.234 e. The SMILES string of the molecule is Cc1nnc(SCC(=O)Nc2cc(Cl)ccc2Cl)n1-c1cccc(Cl)c1. The molecule has 1 aromatic heterocycles. The van der Waals surface area contributed by atoms with Gasteiger partial charge in [-0.1, -0.05) is 52.6 Å². The maximum atomic E-state index is 12.2. The number of nitrogens with one attached hydrogen (secondary N) is 1. The van der Waals surface area contributed by atoms with Gasteiger partial charge >= 0.3 is 0 Å². The third-order valence-electron chi connectivity index (χ3n) is 3.40. The van der Waals surface area contributed by atoms with Crippen LogP contribution in [0.25, 0.3) is 5.69 Å². The Morgan fingerprint density at radius 1 is 1.12 bits per heavy atom. The van der Waals surface area contributed by atoms with Gasteiger partial charge in [0, 0.05) is 10.0 Å². The zero-order valence-corrected chi connectivity index (χ0v) is 16.6. The molecule has 0 atom stereocenters. The van der Waals surface area contributed by atoms with Crippen LogP contribution in [-0.4, -0.2) is 26.4 Å². The Bertz CT molecular complexity index is 961. The summed E-state index contributed by atoms with van der Waals surface area (Å²) in [6.07, 6.45) is 0. The van der Waals surface area contributed by atoms with Gasteiger partial charge in [-0.25, -0.2) is 0 Å². The average Bonchev–Trinajstić information content (AvgIpc) is 2.97. The standard InChI is InChI=1S/C17H13Cl3N4OS/c1-10-22-23-17(24(10)13-4-2-3-11(18)7-13)26-9-16(25)21-15-8-12(19)5-6-14(15)20/h2-8H,9H2,1H3,(H,21,25). The van der Waals surface area contributed by atoms with E-state index >= 15 is 0 Å². The third kappa shape index (κ3) is 4.51. The van der Waals surface area contributed by atoms with Gasteiger partial charge in [0.15, 0.2) is 5.16 Å². The summed E-state index contributed by atoms with van der Waals surface area (Å²) in [7, 11) is 0. The van der Waals surface area contributed by atoms with Gasteiger partial charge in [0.1, 0.15) is 5.82 Å². The van der Waals surface area contributed by atoms with Crippen molar-refractivity contribution in [3.8, 4) is 5.69 Å². The first-order valence-corrected chi connectivity index (χ1v) is 9.61. The molecule has 0 spiro atoms. The molecule has 1 heterocycles. The van der Waals surface area contributed by atoms with Crippen LogP contribution in [0.4, 0.5) is 5.69 Å². The molecule has 1 N–H and O–H groups in total. The molecule has 0 fully saturated rings. The second-order valence-electron chi connectivity index (χ2n) is 5.31. The number of anilines is 1. The van der Waals surface area contributed by atoms with Crippen molar-refractivity contribution in [1.82, 2.24) is 14.8 Å². The zero-order valence-electron chi connectivity index (χ0n) is 13.5. The number of benzene rings is 2. The summed E-state index contributed by atoms with van der Waals surface area (Å²) in [5.41, 5.74) is 1.30. The fraction of sp³-hybridized carbons (Fsp3) is 0.118. The molecule has 0 unspecified atom stereocenters. The number of aromatic nitrogens is 3. The molecule has 0 aliphatic heterocycles. The molecule has 134 valence electrons. The Balaban J connectivity index is 1.72. The topological polar surface area (TPSA) is 59.8 Å². The van der Waals surface area contributed by atoms with E-state index in [0.29, 0.717) is 31.7 Å². The number of rotatable bonds is 5. The van der Waals surface area contributed by atoms with Crippen LogP contribution in [0.2, 0.25) is 15.1 Å². The highest BCUT2D eigenvalue weighted by Crippen LogP contribution is 2.27. The van der Waals surface area contributed by atoms with Crippen molar-refractivity contribution in [1.29, 1.82) is 0 Å². The summed E-state index contributed by atoms with van der Waals surface area (Å²) >= 11 is 19.3. The summed E-state index contributed by atoms with van der Waals surface area (Å²) in [5, 5.41) is 13.1. The van der Waals surface area contributed by atoms with Crippen LogP contribution in [0.1, 0.15) is 5.82 Å². The predicted octanol–water partition coefficient (Wildman–Crippen LogP) is 5.27. The van der Waals surface area contributed by atoms with Crippen molar-refractivity contribution in [2.75, 3.05) is 11.1 Å². The molecule has 5 nitrogen and oxygen atoms in total. The van der Waals surface area contributed by atoms with E-state index < -0.39 is 0 Å². The molecular formula is C17H13Cl3N4OS. The number of aryl methyl sites for hydroxylation is 1. The lowest BCUT2D eigenvalue weighted by atomic mass is 10.3. The highest BCUT2D eigenvalue weighted by Gasteiger charge is 2.14. The molecule has 2 aromatic carbocycles. The molecule has 26 heavy (non-hydrogen) atoms. The normalized spacial score (nSPS) is 10.8. The van der Waals surface area contributed by atoms with Crippen molar-refractivity contribution in [2.24, 2.45) is 0 Å². The van der Waals surface area contributed by atoms with E-state index in [1.807, 2.05) is 29.7 Å². The maximum absolute atomic E-state index is 12.2. The van der Waals surface area contributed by atoms with E-state index in [-0.39, 0.29) is 11.7 Å². The van der Waals surface area contributed by atoms with Crippen LogP contribution in [0.3, 0.4) is 0 Å². The summed E-state index contributed by atoms with van der Waals surface area (Å²) < 4.78 is 1.84. The van der Waals surface area contributed by atoms with Crippen LogP contribution in [0, 0.1) is 6.92 Å². The van der Waals surface area contributed by atoms with Crippen LogP contribution in [-0.2, 0) is 4.79 Å². The number of carbonyl (C=O) groups is 1. The minimum absolute atomic E-state index is 0.140.